The molecule has 0 saturated heterocycles. The number of rotatable bonds is 3. The molecule has 2 aromatic carbocycles. The van der Waals surface area contributed by atoms with Crippen molar-refractivity contribution in [1.29, 1.82) is 0 Å². The van der Waals surface area contributed by atoms with Crippen molar-refractivity contribution in [3.63, 3.8) is 0 Å². The van der Waals surface area contributed by atoms with Crippen molar-refractivity contribution in [1.82, 2.24) is 0 Å². The molecule has 0 radical (unpaired) electrons. The van der Waals surface area contributed by atoms with Gasteiger partial charge in [0.1, 0.15) is 11.6 Å². The monoisotopic (exact) mass is 359 g/mol. The largest absolute Gasteiger partial charge is 0.425 e. The Kier molecular flexibility index (Phi) is 5.05. The molecule has 0 heterocycles. The number of ether oxygens (including phenoxy) is 1. The van der Waals surface area contributed by atoms with Crippen LogP contribution < -0.4 is 10.1 Å². The molecule has 0 spiro atoms. The Balaban J connectivity index is 2.46. The fourth-order valence-electron chi connectivity index (χ4n) is 1.97. The van der Waals surface area contributed by atoms with E-state index in [1.54, 1.807) is 0 Å². The van der Waals surface area contributed by atoms with Crippen LogP contribution in [-0.2, 0) is 11.0 Å². The van der Waals surface area contributed by atoms with Gasteiger partial charge in [0.15, 0.2) is 5.75 Å². The summed E-state index contributed by atoms with van der Waals surface area (Å²) in [5.41, 5.74) is -2.42. The second-order valence-electron chi connectivity index (χ2n) is 4.85. The van der Waals surface area contributed by atoms with Gasteiger partial charge in [-0.05, 0) is 24.3 Å². The van der Waals surface area contributed by atoms with Gasteiger partial charge in [-0.25, -0.2) is 8.78 Å². The summed E-state index contributed by atoms with van der Waals surface area (Å²) >= 11 is 0. The third kappa shape index (κ3) is 4.31. The summed E-state index contributed by atoms with van der Waals surface area (Å²) in [6.07, 6.45) is -4.89. The highest BCUT2D eigenvalue weighted by Crippen LogP contribution is 2.38. The van der Waals surface area contributed by atoms with E-state index in [0.29, 0.717) is 12.1 Å². The van der Waals surface area contributed by atoms with Crippen molar-refractivity contribution in [3.8, 4) is 5.75 Å². The van der Waals surface area contributed by atoms with Gasteiger partial charge < -0.3 is 10.1 Å². The van der Waals surface area contributed by atoms with E-state index in [9.17, 15) is 31.5 Å². The van der Waals surface area contributed by atoms with E-state index >= 15 is 0 Å². The highest BCUT2D eigenvalue weighted by Gasteiger charge is 2.37. The lowest BCUT2D eigenvalue weighted by Gasteiger charge is -2.16. The molecule has 0 aliphatic rings. The van der Waals surface area contributed by atoms with Crippen LogP contribution in [0.3, 0.4) is 0 Å². The topological polar surface area (TPSA) is 55.4 Å². The molecule has 2 aromatic rings. The molecule has 4 nitrogen and oxygen atoms in total. The number of nitrogens with one attached hydrogen (secondary N) is 1. The Morgan fingerprint density at radius 3 is 2.32 bits per heavy atom. The number of para-hydroxylation sites is 1. The molecule has 1 N–H and O–H groups in total. The fraction of sp³-hybridized carbons (Fsp3) is 0.125. The smallest absolute Gasteiger partial charge is 0.420 e. The summed E-state index contributed by atoms with van der Waals surface area (Å²) in [5, 5.41) is 2.01. The minimum Gasteiger partial charge on any atom is -0.425 e. The number of anilines is 1. The summed E-state index contributed by atoms with van der Waals surface area (Å²) in [5.74, 6) is -5.24. The van der Waals surface area contributed by atoms with Gasteiger partial charge in [0, 0.05) is 13.0 Å². The molecule has 25 heavy (non-hydrogen) atoms. The Labute approximate surface area is 138 Å². The average molecular weight is 359 g/mol. The van der Waals surface area contributed by atoms with Crippen LogP contribution in [0, 0.1) is 11.6 Å². The summed E-state index contributed by atoms with van der Waals surface area (Å²) in [7, 11) is 0. The third-order valence-electron chi connectivity index (χ3n) is 2.99. The SMILES string of the molecule is CC(=O)Oc1c(C(=O)Nc2ccc(F)cc2F)cccc1C(F)(F)F. The van der Waals surface area contributed by atoms with Crippen molar-refractivity contribution in [2.75, 3.05) is 5.32 Å². The molecule has 0 fully saturated rings. The van der Waals surface area contributed by atoms with E-state index in [1.807, 2.05) is 5.32 Å². The maximum atomic E-state index is 13.6. The Hall–Kier alpha value is -2.97. The van der Waals surface area contributed by atoms with E-state index in [2.05, 4.69) is 4.74 Å². The van der Waals surface area contributed by atoms with Crippen LogP contribution in [0.25, 0.3) is 0 Å². The predicted molar refractivity (Wildman–Crippen MR) is 77.1 cm³/mol. The van der Waals surface area contributed by atoms with Crippen molar-refractivity contribution in [3.05, 3.63) is 59.2 Å². The minimum atomic E-state index is -4.89. The molecule has 0 atom stereocenters. The third-order valence-corrected chi connectivity index (χ3v) is 2.99. The molecule has 2 rings (SSSR count). The summed E-state index contributed by atoms with van der Waals surface area (Å²) in [6.45, 7) is 0.870. The van der Waals surface area contributed by atoms with Crippen molar-refractivity contribution < 1.29 is 36.3 Å². The molecule has 0 aliphatic carbocycles. The lowest BCUT2D eigenvalue weighted by molar-refractivity contribution is -0.141. The average Bonchev–Trinajstić information content (AvgIpc) is 2.48. The lowest BCUT2D eigenvalue weighted by atomic mass is 10.1. The van der Waals surface area contributed by atoms with Crippen LogP contribution in [0.1, 0.15) is 22.8 Å². The van der Waals surface area contributed by atoms with Gasteiger partial charge in [-0.15, -0.1) is 0 Å². The quantitative estimate of drug-likeness (QED) is 0.509. The first-order valence-corrected chi connectivity index (χ1v) is 6.74. The first-order valence-electron chi connectivity index (χ1n) is 6.74. The van der Waals surface area contributed by atoms with Gasteiger partial charge in [-0.3, -0.25) is 9.59 Å². The zero-order chi connectivity index (χ0) is 18.8. The fourth-order valence-corrected chi connectivity index (χ4v) is 1.97. The molecule has 0 unspecified atom stereocenters. The number of esters is 1. The summed E-state index contributed by atoms with van der Waals surface area (Å²) < 4.78 is 70.1. The number of hydrogen-bond acceptors (Lipinski definition) is 3. The van der Waals surface area contributed by atoms with Gasteiger partial charge >= 0.3 is 12.1 Å². The van der Waals surface area contributed by atoms with Gasteiger partial charge in [0.2, 0.25) is 0 Å². The standard InChI is InChI=1S/C16H10F5NO3/c1-8(23)25-14-10(3-2-4-11(14)16(19,20)21)15(24)22-13-6-5-9(17)7-12(13)18/h2-7H,1H3,(H,22,24). The van der Waals surface area contributed by atoms with Crippen LogP contribution in [0.5, 0.6) is 5.75 Å². The second kappa shape index (κ2) is 6.88. The van der Waals surface area contributed by atoms with E-state index < -0.39 is 52.3 Å². The Morgan fingerprint density at radius 1 is 1.08 bits per heavy atom. The first kappa shape index (κ1) is 18.4. The first-order chi connectivity index (χ1) is 11.6. The molecule has 0 saturated carbocycles. The molecule has 0 aliphatic heterocycles. The van der Waals surface area contributed by atoms with Gasteiger partial charge in [0.05, 0.1) is 16.8 Å². The highest BCUT2D eigenvalue weighted by atomic mass is 19.4. The molecule has 1 amide bonds. The van der Waals surface area contributed by atoms with Crippen LogP contribution in [0.2, 0.25) is 0 Å². The van der Waals surface area contributed by atoms with E-state index in [4.69, 9.17) is 0 Å². The zero-order valence-corrected chi connectivity index (χ0v) is 12.6. The number of halogens is 5. The second-order valence-corrected chi connectivity index (χ2v) is 4.85. The molecular formula is C16H10F5NO3. The maximum absolute atomic E-state index is 13.6. The minimum absolute atomic E-state index is 0.447. The Bertz CT molecular complexity index is 833. The van der Waals surface area contributed by atoms with Gasteiger partial charge in [-0.2, -0.15) is 13.2 Å². The molecule has 0 bridgehead atoms. The summed E-state index contributed by atoms with van der Waals surface area (Å²) in [4.78, 5) is 23.3. The number of alkyl halides is 3. The van der Waals surface area contributed by atoms with Crippen LogP contribution in [0.15, 0.2) is 36.4 Å². The van der Waals surface area contributed by atoms with Gasteiger partial charge in [-0.1, -0.05) is 6.07 Å². The van der Waals surface area contributed by atoms with Crippen molar-refractivity contribution >= 4 is 17.6 Å². The lowest BCUT2D eigenvalue weighted by Crippen LogP contribution is -2.19. The van der Waals surface area contributed by atoms with Crippen LogP contribution in [-0.4, -0.2) is 11.9 Å². The van der Waals surface area contributed by atoms with Crippen LogP contribution in [0.4, 0.5) is 27.6 Å². The number of amides is 1. The van der Waals surface area contributed by atoms with Crippen molar-refractivity contribution in [2.24, 2.45) is 0 Å². The van der Waals surface area contributed by atoms with E-state index in [0.717, 1.165) is 31.2 Å². The number of hydrogen-bond donors (Lipinski definition) is 1. The molecule has 9 heteroatoms. The van der Waals surface area contributed by atoms with E-state index in [-0.39, 0.29) is 0 Å². The van der Waals surface area contributed by atoms with Crippen LogP contribution >= 0.6 is 0 Å². The summed E-state index contributed by atoms with van der Waals surface area (Å²) in [6, 6.07) is 4.80. The number of carbonyl (C=O) groups is 2. The Morgan fingerprint density at radius 2 is 1.76 bits per heavy atom. The zero-order valence-electron chi connectivity index (χ0n) is 12.6. The van der Waals surface area contributed by atoms with Gasteiger partial charge in [0.25, 0.3) is 5.91 Å². The molecule has 132 valence electrons. The van der Waals surface area contributed by atoms with Crippen molar-refractivity contribution in [2.45, 2.75) is 13.1 Å². The number of carbonyl (C=O) groups excluding carboxylic acids is 2. The highest BCUT2D eigenvalue weighted by molar-refractivity contribution is 6.07. The normalized spacial score (nSPS) is 11.1. The predicted octanol–water partition coefficient (Wildman–Crippen LogP) is 4.16. The maximum Gasteiger partial charge on any atom is 0.420 e. The molecule has 0 aromatic heterocycles. The van der Waals surface area contributed by atoms with E-state index in [1.165, 1.54) is 0 Å². The number of benzene rings is 2. The molecular weight excluding hydrogens is 349 g/mol.